The number of hydrogen-bond acceptors (Lipinski definition) is 4. The highest BCUT2D eigenvalue weighted by Crippen LogP contribution is 2.15. The Morgan fingerprint density at radius 1 is 1.24 bits per heavy atom. The smallest absolute Gasteiger partial charge is 0.310 e. The molecule has 0 unspecified atom stereocenters. The molecular weight excluding hydrogens is 222 g/mol. The van der Waals surface area contributed by atoms with Gasteiger partial charge >= 0.3 is 5.97 Å². The van der Waals surface area contributed by atoms with Gasteiger partial charge in [0.1, 0.15) is 0 Å². The van der Waals surface area contributed by atoms with E-state index in [4.69, 9.17) is 5.11 Å². The third-order valence-corrected chi connectivity index (χ3v) is 3.38. The van der Waals surface area contributed by atoms with Gasteiger partial charge in [-0.1, -0.05) is 0 Å². The van der Waals surface area contributed by atoms with E-state index in [0.29, 0.717) is 19.6 Å². The normalized spacial score (nSPS) is 22.9. The Kier molecular flexibility index (Phi) is 3.96. The lowest BCUT2D eigenvalue weighted by Crippen LogP contribution is -2.55. The van der Waals surface area contributed by atoms with E-state index in [1.54, 1.807) is 4.90 Å². The standard InChI is InChI=1S/C11H19N3O3/c15-10(14-6-9(7-14)11(16)17)8-13-4-1-2-12-3-5-13/h9,12H,1-8H2,(H,16,17). The van der Waals surface area contributed by atoms with Crippen molar-refractivity contribution in [3.63, 3.8) is 0 Å². The van der Waals surface area contributed by atoms with Gasteiger partial charge in [0.05, 0.1) is 12.5 Å². The fourth-order valence-electron chi connectivity index (χ4n) is 2.19. The van der Waals surface area contributed by atoms with E-state index in [0.717, 1.165) is 32.6 Å². The number of amides is 1. The fourth-order valence-corrected chi connectivity index (χ4v) is 2.19. The molecular formula is C11H19N3O3. The molecule has 0 aromatic heterocycles. The van der Waals surface area contributed by atoms with Gasteiger partial charge in [0.2, 0.25) is 5.91 Å². The monoisotopic (exact) mass is 241 g/mol. The van der Waals surface area contributed by atoms with Crippen molar-refractivity contribution in [1.29, 1.82) is 0 Å². The molecule has 0 spiro atoms. The lowest BCUT2D eigenvalue weighted by atomic mass is 10.0. The van der Waals surface area contributed by atoms with Crippen LogP contribution in [0.3, 0.4) is 0 Å². The van der Waals surface area contributed by atoms with Gasteiger partial charge in [0.15, 0.2) is 0 Å². The van der Waals surface area contributed by atoms with Crippen LogP contribution in [0, 0.1) is 5.92 Å². The number of rotatable bonds is 3. The average molecular weight is 241 g/mol. The Bertz CT molecular complexity index is 294. The molecule has 6 heteroatoms. The SMILES string of the molecule is O=C(O)C1CN(C(=O)CN2CCCNCC2)C1. The maximum absolute atomic E-state index is 11.8. The molecule has 0 aromatic carbocycles. The number of carboxylic acid groups (broad SMARTS) is 1. The quantitative estimate of drug-likeness (QED) is 0.651. The van der Waals surface area contributed by atoms with Crippen LogP contribution in [0.15, 0.2) is 0 Å². The van der Waals surface area contributed by atoms with Crippen LogP contribution in [-0.2, 0) is 9.59 Å². The summed E-state index contributed by atoms with van der Waals surface area (Å²) in [4.78, 5) is 26.2. The Balaban J connectivity index is 1.72. The summed E-state index contributed by atoms with van der Waals surface area (Å²) in [5, 5.41) is 12.0. The van der Waals surface area contributed by atoms with Crippen LogP contribution in [0.5, 0.6) is 0 Å². The first kappa shape index (κ1) is 12.3. The fraction of sp³-hybridized carbons (Fsp3) is 0.818. The number of carbonyl (C=O) groups is 2. The van der Waals surface area contributed by atoms with E-state index in [-0.39, 0.29) is 11.8 Å². The average Bonchev–Trinajstić information content (AvgIpc) is 2.43. The summed E-state index contributed by atoms with van der Waals surface area (Å²) in [5.41, 5.74) is 0. The molecule has 1 amide bonds. The molecule has 0 radical (unpaired) electrons. The van der Waals surface area contributed by atoms with Crippen molar-refractivity contribution in [2.24, 2.45) is 5.92 Å². The Hall–Kier alpha value is -1.14. The summed E-state index contributed by atoms with van der Waals surface area (Å²) in [6.45, 7) is 4.94. The van der Waals surface area contributed by atoms with Gasteiger partial charge in [-0.05, 0) is 19.5 Å². The number of hydrogen-bond donors (Lipinski definition) is 2. The Morgan fingerprint density at radius 2 is 2.00 bits per heavy atom. The van der Waals surface area contributed by atoms with Crippen LogP contribution in [0.4, 0.5) is 0 Å². The van der Waals surface area contributed by atoms with Gasteiger partial charge in [-0.15, -0.1) is 0 Å². The van der Waals surface area contributed by atoms with E-state index < -0.39 is 5.97 Å². The van der Waals surface area contributed by atoms with Crippen molar-refractivity contribution in [2.75, 3.05) is 45.8 Å². The topological polar surface area (TPSA) is 72.9 Å². The minimum atomic E-state index is -0.798. The number of carboxylic acids is 1. The zero-order chi connectivity index (χ0) is 12.3. The van der Waals surface area contributed by atoms with Crippen molar-refractivity contribution >= 4 is 11.9 Å². The molecule has 0 aliphatic carbocycles. The van der Waals surface area contributed by atoms with Crippen LogP contribution in [-0.4, -0.2) is 72.6 Å². The first-order chi connectivity index (χ1) is 8.16. The summed E-state index contributed by atoms with van der Waals surface area (Å²) in [6, 6.07) is 0. The van der Waals surface area contributed by atoms with Gasteiger partial charge in [0.25, 0.3) is 0 Å². The zero-order valence-corrected chi connectivity index (χ0v) is 9.89. The molecule has 2 aliphatic rings. The molecule has 2 rings (SSSR count). The lowest BCUT2D eigenvalue weighted by Gasteiger charge is -2.37. The number of likely N-dealkylation sites (tertiary alicyclic amines) is 1. The number of aliphatic carboxylic acids is 1. The Labute approximate surface area is 101 Å². The van der Waals surface area contributed by atoms with Crippen molar-refractivity contribution in [3.05, 3.63) is 0 Å². The van der Waals surface area contributed by atoms with E-state index in [2.05, 4.69) is 10.2 Å². The van der Waals surface area contributed by atoms with Crippen molar-refractivity contribution < 1.29 is 14.7 Å². The van der Waals surface area contributed by atoms with Gasteiger partial charge < -0.3 is 15.3 Å². The largest absolute Gasteiger partial charge is 0.481 e. The van der Waals surface area contributed by atoms with E-state index in [1.807, 2.05) is 0 Å². The maximum atomic E-state index is 11.8. The van der Waals surface area contributed by atoms with Crippen molar-refractivity contribution in [3.8, 4) is 0 Å². The minimum absolute atomic E-state index is 0.0596. The molecule has 0 saturated carbocycles. The van der Waals surface area contributed by atoms with Crippen LogP contribution in [0.2, 0.25) is 0 Å². The minimum Gasteiger partial charge on any atom is -0.481 e. The van der Waals surface area contributed by atoms with E-state index >= 15 is 0 Å². The third kappa shape index (κ3) is 3.17. The molecule has 0 aromatic rings. The molecule has 96 valence electrons. The second kappa shape index (κ2) is 5.46. The molecule has 2 heterocycles. The van der Waals surface area contributed by atoms with Crippen LogP contribution in [0.25, 0.3) is 0 Å². The Morgan fingerprint density at radius 3 is 2.71 bits per heavy atom. The molecule has 2 saturated heterocycles. The summed E-state index contributed by atoms with van der Waals surface area (Å²) < 4.78 is 0. The van der Waals surface area contributed by atoms with Gasteiger partial charge in [-0.3, -0.25) is 14.5 Å². The molecule has 6 nitrogen and oxygen atoms in total. The summed E-state index contributed by atoms with van der Waals surface area (Å²) in [7, 11) is 0. The predicted molar refractivity (Wildman–Crippen MR) is 61.6 cm³/mol. The molecule has 0 bridgehead atoms. The highest BCUT2D eigenvalue weighted by molar-refractivity contribution is 5.82. The highest BCUT2D eigenvalue weighted by Gasteiger charge is 2.35. The third-order valence-electron chi connectivity index (χ3n) is 3.38. The van der Waals surface area contributed by atoms with Crippen LogP contribution in [0.1, 0.15) is 6.42 Å². The predicted octanol–water partition coefficient (Wildman–Crippen LogP) is -1.18. The number of nitrogens with one attached hydrogen (secondary N) is 1. The lowest BCUT2D eigenvalue weighted by molar-refractivity contribution is -0.153. The second-order valence-corrected chi connectivity index (χ2v) is 4.71. The van der Waals surface area contributed by atoms with Crippen molar-refractivity contribution in [1.82, 2.24) is 15.1 Å². The van der Waals surface area contributed by atoms with Crippen molar-refractivity contribution in [2.45, 2.75) is 6.42 Å². The maximum Gasteiger partial charge on any atom is 0.310 e. The van der Waals surface area contributed by atoms with Gasteiger partial charge in [0, 0.05) is 26.2 Å². The summed E-state index contributed by atoms with van der Waals surface area (Å²) in [5.74, 6) is -1.10. The van der Waals surface area contributed by atoms with E-state index in [1.165, 1.54) is 0 Å². The molecule has 2 fully saturated rings. The second-order valence-electron chi connectivity index (χ2n) is 4.71. The number of nitrogens with zero attached hydrogens (tertiary/aromatic N) is 2. The first-order valence-corrected chi connectivity index (χ1v) is 6.10. The molecule has 2 aliphatic heterocycles. The van der Waals surface area contributed by atoms with Crippen LogP contribution >= 0.6 is 0 Å². The molecule has 2 N–H and O–H groups in total. The van der Waals surface area contributed by atoms with Gasteiger partial charge in [-0.2, -0.15) is 0 Å². The first-order valence-electron chi connectivity index (χ1n) is 6.10. The summed E-state index contributed by atoms with van der Waals surface area (Å²) >= 11 is 0. The van der Waals surface area contributed by atoms with Crippen LogP contribution < -0.4 is 5.32 Å². The number of carbonyl (C=O) groups excluding carboxylic acids is 1. The van der Waals surface area contributed by atoms with E-state index in [9.17, 15) is 9.59 Å². The summed E-state index contributed by atoms with van der Waals surface area (Å²) in [6.07, 6.45) is 1.06. The zero-order valence-electron chi connectivity index (χ0n) is 9.89. The molecule has 17 heavy (non-hydrogen) atoms. The molecule has 0 atom stereocenters. The van der Waals surface area contributed by atoms with Gasteiger partial charge in [-0.25, -0.2) is 0 Å². The highest BCUT2D eigenvalue weighted by atomic mass is 16.4.